The fourth-order valence-corrected chi connectivity index (χ4v) is 3.10. The third kappa shape index (κ3) is 3.07. The Morgan fingerprint density at radius 1 is 1.19 bits per heavy atom. The second kappa shape index (κ2) is 6.50. The number of anilines is 2. The summed E-state index contributed by atoms with van der Waals surface area (Å²) in [5.74, 6) is 0. The summed E-state index contributed by atoms with van der Waals surface area (Å²) in [7, 11) is 0. The molecule has 0 spiro atoms. The number of nitrogens with zero attached hydrogens (tertiary/aromatic N) is 1. The predicted molar refractivity (Wildman–Crippen MR) is 90.6 cm³/mol. The van der Waals surface area contributed by atoms with Gasteiger partial charge in [0.1, 0.15) is 0 Å². The van der Waals surface area contributed by atoms with Crippen LogP contribution in [0.2, 0.25) is 5.02 Å². The Bertz CT molecular complexity index is 624. The van der Waals surface area contributed by atoms with Gasteiger partial charge in [-0.15, -0.1) is 0 Å². The molecule has 0 saturated carbocycles. The molecule has 0 saturated heterocycles. The van der Waals surface area contributed by atoms with Gasteiger partial charge in [0.15, 0.2) is 0 Å². The van der Waals surface area contributed by atoms with Crippen LogP contribution in [-0.2, 0) is 13.0 Å². The van der Waals surface area contributed by atoms with Gasteiger partial charge in [0.25, 0.3) is 0 Å². The normalized spacial score (nSPS) is 13.5. The van der Waals surface area contributed by atoms with Gasteiger partial charge in [0, 0.05) is 29.5 Å². The van der Waals surface area contributed by atoms with Gasteiger partial charge in [-0.3, -0.25) is 0 Å². The van der Waals surface area contributed by atoms with E-state index in [1.165, 1.54) is 22.5 Å². The van der Waals surface area contributed by atoms with Gasteiger partial charge < -0.3 is 10.2 Å². The molecule has 0 amide bonds. The maximum Gasteiger partial charge on any atom is 0.0471 e. The van der Waals surface area contributed by atoms with E-state index in [0.29, 0.717) is 0 Å². The zero-order chi connectivity index (χ0) is 14.7. The lowest BCUT2D eigenvalue weighted by Crippen LogP contribution is -2.15. The zero-order valence-electron chi connectivity index (χ0n) is 12.4. The molecule has 21 heavy (non-hydrogen) atoms. The lowest BCUT2D eigenvalue weighted by Gasteiger charge is -2.20. The number of hydrogen-bond acceptors (Lipinski definition) is 2. The average Bonchev–Trinajstić information content (AvgIpc) is 2.93. The van der Waals surface area contributed by atoms with E-state index in [1.807, 2.05) is 0 Å². The molecule has 0 aromatic heterocycles. The van der Waals surface area contributed by atoms with Crippen molar-refractivity contribution in [3.63, 3.8) is 0 Å². The molecular weight excluding hydrogens is 280 g/mol. The van der Waals surface area contributed by atoms with Gasteiger partial charge in [0.2, 0.25) is 0 Å². The highest BCUT2D eigenvalue weighted by atomic mass is 35.5. The Hall–Kier alpha value is -1.51. The van der Waals surface area contributed by atoms with Crippen LogP contribution in [0.15, 0.2) is 42.5 Å². The smallest absolute Gasteiger partial charge is 0.0471 e. The summed E-state index contributed by atoms with van der Waals surface area (Å²) in [6, 6.07) is 15.0. The van der Waals surface area contributed by atoms with E-state index >= 15 is 0 Å². The number of fused-ring (bicyclic) bond motifs is 1. The molecule has 2 aromatic carbocycles. The van der Waals surface area contributed by atoms with Crippen molar-refractivity contribution in [2.75, 3.05) is 18.0 Å². The SMILES string of the molecule is CCCNCc1ccc(N2CCc3ccccc32)cc1Cl. The van der Waals surface area contributed by atoms with E-state index in [0.717, 1.165) is 37.5 Å². The molecular formula is C18H21ClN2. The Labute approximate surface area is 131 Å². The van der Waals surface area contributed by atoms with Crippen LogP contribution in [0, 0.1) is 0 Å². The molecule has 1 aliphatic rings. The van der Waals surface area contributed by atoms with Gasteiger partial charge >= 0.3 is 0 Å². The molecule has 1 heterocycles. The third-order valence-corrected chi connectivity index (χ3v) is 4.33. The maximum absolute atomic E-state index is 6.45. The highest BCUT2D eigenvalue weighted by Crippen LogP contribution is 2.35. The number of hydrogen-bond donors (Lipinski definition) is 1. The molecule has 0 fully saturated rings. The van der Waals surface area contributed by atoms with Crippen LogP contribution in [0.25, 0.3) is 0 Å². The molecule has 2 nitrogen and oxygen atoms in total. The van der Waals surface area contributed by atoms with E-state index in [2.05, 4.69) is 59.6 Å². The molecule has 0 atom stereocenters. The van der Waals surface area contributed by atoms with E-state index in [-0.39, 0.29) is 0 Å². The van der Waals surface area contributed by atoms with E-state index < -0.39 is 0 Å². The van der Waals surface area contributed by atoms with Crippen LogP contribution in [0.3, 0.4) is 0 Å². The number of nitrogens with one attached hydrogen (secondary N) is 1. The summed E-state index contributed by atoms with van der Waals surface area (Å²) in [5.41, 5.74) is 5.08. The highest BCUT2D eigenvalue weighted by molar-refractivity contribution is 6.31. The van der Waals surface area contributed by atoms with Gasteiger partial charge in [0.05, 0.1) is 0 Å². The standard InChI is InChI=1S/C18H21ClN2/c1-2-10-20-13-15-7-8-16(12-17(15)19)21-11-9-14-5-3-4-6-18(14)21/h3-8,12,20H,2,9-11,13H2,1H3. The quantitative estimate of drug-likeness (QED) is 0.816. The highest BCUT2D eigenvalue weighted by Gasteiger charge is 2.20. The van der Waals surface area contributed by atoms with E-state index in [4.69, 9.17) is 11.6 Å². The molecule has 0 aliphatic carbocycles. The molecule has 1 aliphatic heterocycles. The van der Waals surface area contributed by atoms with Gasteiger partial charge in [-0.05, 0) is 48.7 Å². The molecule has 110 valence electrons. The minimum atomic E-state index is 0.837. The van der Waals surface area contributed by atoms with Crippen molar-refractivity contribution in [2.45, 2.75) is 26.3 Å². The van der Waals surface area contributed by atoms with Crippen molar-refractivity contribution in [1.29, 1.82) is 0 Å². The topological polar surface area (TPSA) is 15.3 Å². The first-order chi connectivity index (χ1) is 10.3. The van der Waals surface area contributed by atoms with Crippen molar-refractivity contribution >= 4 is 23.0 Å². The summed E-state index contributed by atoms with van der Waals surface area (Å²) in [5, 5.41) is 4.25. The summed E-state index contributed by atoms with van der Waals surface area (Å²) in [6.45, 7) is 5.06. The fraction of sp³-hybridized carbons (Fsp3) is 0.333. The van der Waals surface area contributed by atoms with Crippen LogP contribution in [0.5, 0.6) is 0 Å². The molecule has 3 heteroatoms. The van der Waals surface area contributed by atoms with Crippen molar-refractivity contribution in [3.05, 3.63) is 58.6 Å². The lowest BCUT2D eigenvalue weighted by molar-refractivity contribution is 0.675. The van der Waals surface area contributed by atoms with Crippen molar-refractivity contribution in [2.24, 2.45) is 0 Å². The monoisotopic (exact) mass is 300 g/mol. The van der Waals surface area contributed by atoms with Gasteiger partial charge in [-0.2, -0.15) is 0 Å². The Morgan fingerprint density at radius 2 is 2.05 bits per heavy atom. The van der Waals surface area contributed by atoms with E-state index in [1.54, 1.807) is 0 Å². The summed E-state index contributed by atoms with van der Waals surface area (Å²) >= 11 is 6.45. The first-order valence-electron chi connectivity index (χ1n) is 7.64. The first kappa shape index (κ1) is 14.4. The van der Waals surface area contributed by atoms with Crippen LogP contribution in [0.1, 0.15) is 24.5 Å². The van der Waals surface area contributed by atoms with Gasteiger partial charge in [-0.25, -0.2) is 0 Å². The number of halogens is 1. The van der Waals surface area contributed by atoms with Crippen LogP contribution >= 0.6 is 11.6 Å². The van der Waals surface area contributed by atoms with Crippen LogP contribution < -0.4 is 10.2 Å². The van der Waals surface area contributed by atoms with Crippen LogP contribution in [0.4, 0.5) is 11.4 Å². The Kier molecular flexibility index (Phi) is 4.47. The second-order valence-corrected chi connectivity index (χ2v) is 5.89. The average molecular weight is 301 g/mol. The molecule has 1 N–H and O–H groups in total. The Morgan fingerprint density at radius 3 is 2.86 bits per heavy atom. The minimum absolute atomic E-state index is 0.837. The molecule has 3 rings (SSSR count). The second-order valence-electron chi connectivity index (χ2n) is 5.48. The molecule has 0 bridgehead atoms. The van der Waals surface area contributed by atoms with Crippen LogP contribution in [-0.4, -0.2) is 13.1 Å². The predicted octanol–water partition coefficient (Wildman–Crippen LogP) is 4.53. The van der Waals surface area contributed by atoms with E-state index in [9.17, 15) is 0 Å². The minimum Gasteiger partial charge on any atom is -0.341 e. The molecule has 0 radical (unpaired) electrons. The van der Waals surface area contributed by atoms with Crippen molar-refractivity contribution in [1.82, 2.24) is 5.32 Å². The summed E-state index contributed by atoms with van der Waals surface area (Å²) in [6.07, 6.45) is 2.24. The first-order valence-corrected chi connectivity index (χ1v) is 8.02. The largest absolute Gasteiger partial charge is 0.341 e. The summed E-state index contributed by atoms with van der Waals surface area (Å²) in [4.78, 5) is 2.35. The zero-order valence-corrected chi connectivity index (χ0v) is 13.2. The fourth-order valence-electron chi connectivity index (χ4n) is 2.85. The number of benzene rings is 2. The summed E-state index contributed by atoms with van der Waals surface area (Å²) < 4.78 is 0. The number of rotatable bonds is 5. The molecule has 0 unspecified atom stereocenters. The third-order valence-electron chi connectivity index (χ3n) is 3.98. The lowest BCUT2D eigenvalue weighted by atomic mass is 10.1. The maximum atomic E-state index is 6.45. The van der Waals surface area contributed by atoms with Gasteiger partial charge in [-0.1, -0.05) is 42.8 Å². The number of para-hydroxylation sites is 1. The Balaban J connectivity index is 1.80. The van der Waals surface area contributed by atoms with Crippen molar-refractivity contribution < 1.29 is 0 Å². The molecule has 2 aromatic rings. The van der Waals surface area contributed by atoms with Crippen molar-refractivity contribution in [3.8, 4) is 0 Å².